The summed E-state index contributed by atoms with van der Waals surface area (Å²) in [7, 11) is 0. The monoisotopic (exact) mass is 781 g/mol. The van der Waals surface area contributed by atoms with Crippen LogP contribution in [0.5, 0.6) is 0 Å². The lowest BCUT2D eigenvalue weighted by molar-refractivity contribution is 1.28. The maximum atomic E-state index is 2.41. The summed E-state index contributed by atoms with van der Waals surface area (Å²) in [5, 5.41) is 5.13. The fourth-order valence-corrected chi connectivity index (χ4v) is 9.78. The maximum Gasteiger partial charge on any atom is 0.0540 e. The van der Waals surface area contributed by atoms with Gasteiger partial charge in [0.2, 0.25) is 0 Å². The zero-order valence-electron chi connectivity index (χ0n) is 32.9. The van der Waals surface area contributed by atoms with Gasteiger partial charge in [-0.05, 0) is 122 Å². The van der Waals surface area contributed by atoms with E-state index in [1.807, 2.05) is 11.3 Å². The van der Waals surface area contributed by atoms with Crippen molar-refractivity contribution < 1.29 is 0 Å². The highest BCUT2D eigenvalue weighted by Gasteiger charge is 2.19. The van der Waals surface area contributed by atoms with Crippen LogP contribution >= 0.6 is 11.3 Å². The van der Waals surface area contributed by atoms with E-state index in [0.29, 0.717) is 0 Å². The summed E-state index contributed by atoms with van der Waals surface area (Å²) in [6.45, 7) is 0. The van der Waals surface area contributed by atoms with Crippen LogP contribution in [0.25, 0.3) is 86.6 Å². The Labute approximate surface area is 354 Å². The van der Waals surface area contributed by atoms with E-state index in [-0.39, 0.29) is 0 Å². The zero-order chi connectivity index (χ0) is 39.8. The van der Waals surface area contributed by atoms with Gasteiger partial charge in [-0.25, -0.2) is 0 Å². The van der Waals surface area contributed by atoms with Crippen LogP contribution in [0.4, 0.5) is 17.1 Å². The fraction of sp³-hybridized carbons (Fsp3) is 0. The average molecular weight is 782 g/mol. The van der Waals surface area contributed by atoms with Crippen molar-refractivity contribution >= 4 is 59.3 Å². The topological polar surface area (TPSA) is 3.24 Å². The molecule has 0 radical (unpaired) electrons. The van der Waals surface area contributed by atoms with Crippen LogP contribution in [0.2, 0.25) is 0 Å². The molecule has 0 N–H and O–H groups in total. The van der Waals surface area contributed by atoms with Crippen LogP contribution < -0.4 is 4.90 Å². The lowest BCUT2D eigenvalue weighted by Crippen LogP contribution is -2.11. The summed E-state index contributed by atoms with van der Waals surface area (Å²) in [6.07, 6.45) is 0. The Morgan fingerprint density at radius 2 is 0.733 bits per heavy atom. The highest BCUT2D eigenvalue weighted by molar-refractivity contribution is 7.25. The summed E-state index contributed by atoms with van der Waals surface area (Å²) >= 11 is 1.86. The minimum absolute atomic E-state index is 1.09. The van der Waals surface area contributed by atoms with Crippen LogP contribution in [-0.2, 0) is 0 Å². The third-order valence-electron chi connectivity index (χ3n) is 11.7. The van der Waals surface area contributed by atoms with Gasteiger partial charge in [0.15, 0.2) is 0 Å². The molecule has 11 rings (SSSR count). The summed E-state index contributed by atoms with van der Waals surface area (Å²) in [4.78, 5) is 2.41. The van der Waals surface area contributed by atoms with Crippen molar-refractivity contribution in [3.63, 3.8) is 0 Å². The van der Waals surface area contributed by atoms with Crippen LogP contribution in [0.3, 0.4) is 0 Å². The Morgan fingerprint density at radius 1 is 0.267 bits per heavy atom. The number of rotatable bonds is 8. The molecule has 1 nitrogen and oxygen atoms in total. The molecular weight excluding hydrogens is 743 g/mol. The first kappa shape index (κ1) is 35.6. The molecule has 0 amide bonds. The third kappa shape index (κ3) is 6.63. The molecule has 1 heterocycles. The molecule has 60 heavy (non-hydrogen) atoms. The van der Waals surface area contributed by atoms with Crippen molar-refractivity contribution in [2.24, 2.45) is 0 Å². The minimum Gasteiger partial charge on any atom is -0.310 e. The van der Waals surface area contributed by atoms with Gasteiger partial charge in [0.05, 0.1) is 5.69 Å². The molecule has 0 spiro atoms. The summed E-state index contributed by atoms with van der Waals surface area (Å²) in [6, 6.07) is 86.2. The molecule has 0 aliphatic rings. The molecule has 2 heteroatoms. The average Bonchev–Trinajstić information content (AvgIpc) is 3.70. The number of fused-ring (bicyclic) bond motifs is 4. The van der Waals surface area contributed by atoms with Gasteiger partial charge in [0.25, 0.3) is 0 Å². The second-order valence-corrected chi connectivity index (χ2v) is 16.4. The first-order valence-electron chi connectivity index (χ1n) is 20.5. The van der Waals surface area contributed by atoms with Crippen molar-refractivity contribution in [2.75, 3.05) is 4.90 Å². The van der Waals surface area contributed by atoms with E-state index in [1.165, 1.54) is 81.0 Å². The van der Waals surface area contributed by atoms with Crippen LogP contribution in [-0.4, -0.2) is 0 Å². The molecule has 282 valence electrons. The molecule has 1 aromatic heterocycles. The Bertz CT molecular complexity index is 3300. The van der Waals surface area contributed by atoms with E-state index >= 15 is 0 Å². The molecule has 0 saturated carbocycles. The van der Waals surface area contributed by atoms with Crippen molar-refractivity contribution in [3.8, 4) is 55.6 Å². The molecule has 11 aromatic rings. The molecule has 0 unspecified atom stereocenters. The van der Waals surface area contributed by atoms with Crippen LogP contribution in [0, 0.1) is 0 Å². The van der Waals surface area contributed by atoms with E-state index in [2.05, 4.69) is 241 Å². The molecule has 0 fully saturated rings. The standard InChI is InChI=1S/C58H39NS/c1-2-13-40(14-3-1)44-17-10-18-45(37-44)41-27-32-49(33-28-41)59(50-34-29-42(30-35-50)46-31-36-58-55(39-46)54-23-7-9-26-57(54)60-58)56-25-8-6-22-53(56)48-20-11-19-47(38-48)52-24-12-16-43-15-4-5-21-51(43)52/h1-39H. The fourth-order valence-electron chi connectivity index (χ4n) is 8.69. The molecule has 0 aliphatic heterocycles. The van der Waals surface area contributed by atoms with Gasteiger partial charge in [-0.3, -0.25) is 0 Å². The number of nitrogens with zero attached hydrogens (tertiary/aromatic N) is 1. The normalized spacial score (nSPS) is 11.3. The lowest BCUT2D eigenvalue weighted by atomic mass is 9.94. The number of para-hydroxylation sites is 1. The van der Waals surface area contributed by atoms with Gasteiger partial charge in [0.1, 0.15) is 0 Å². The van der Waals surface area contributed by atoms with E-state index in [0.717, 1.165) is 22.6 Å². The van der Waals surface area contributed by atoms with Crippen molar-refractivity contribution in [2.45, 2.75) is 0 Å². The van der Waals surface area contributed by atoms with Gasteiger partial charge >= 0.3 is 0 Å². The van der Waals surface area contributed by atoms with Gasteiger partial charge in [-0.1, -0.05) is 176 Å². The second kappa shape index (κ2) is 15.3. The number of thiophene rings is 1. The van der Waals surface area contributed by atoms with E-state index < -0.39 is 0 Å². The number of hydrogen-bond donors (Lipinski definition) is 0. The van der Waals surface area contributed by atoms with Crippen molar-refractivity contribution in [1.29, 1.82) is 0 Å². The Balaban J connectivity index is 1.01. The molecule has 0 atom stereocenters. The smallest absolute Gasteiger partial charge is 0.0540 e. The third-order valence-corrected chi connectivity index (χ3v) is 12.8. The highest BCUT2D eigenvalue weighted by Crippen LogP contribution is 2.44. The predicted molar refractivity (Wildman–Crippen MR) is 259 cm³/mol. The second-order valence-electron chi connectivity index (χ2n) is 15.3. The molecule has 10 aromatic carbocycles. The predicted octanol–water partition coefficient (Wildman–Crippen LogP) is 17.0. The van der Waals surface area contributed by atoms with E-state index in [9.17, 15) is 0 Å². The van der Waals surface area contributed by atoms with Crippen LogP contribution in [0.1, 0.15) is 0 Å². The first-order chi connectivity index (χ1) is 29.7. The van der Waals surface area contributed by atoms with Gasteiger partial charge < -0.3 is 4.90 Å². The highest BCUT2D eigenvalue weighted by atomic mass is 32.1. The van der Waals surface area contributed by atoms with Crippen molar-refractivity contribution in [1.82, 2.24) is 0 Å². The maximum absolute atomic E-state index is 2.41. The van der Waals surface area contributed by atoms with Gasteiger partial charge in [-0.15, -0.1) is 11.3 Å². The summed E-state index contributed by atoms with van der Waals surface area (Å²) < 4.78 is 2.64. The Hall–Kier alpha value is -7.52. The quantitative estimate of drug-likeness (QED) is 0.148. The minimum atomic E-state index is 1.09. The number of benzene rings is 10. The molecular formula is C58H39NS. The number of hydrogen-bond acceptors (Lipinski definition) is 2. The summed E-state index contributed by atoms with van der Waals surface area (Å²) in [5.74, 6) is 0. The van der Waals surface area contributed by atoms with Crippen LogP contribution in [0.15, 0.2) is 237 Å². The molecule has 0 saturated heterocycles. The van der Waals surface area contributed by atoms with Gasteiger partial charge in [-0.2, -0.15) is 0 Å². The SMILES string of the molecule is c1ccc(-c2cccc(-c3ccc(N(c4ccc(-c5ccc6sc7ccccc7c6c5)cc4)c4ccccc4-c4cccc(-c5cccc6ccccc56)c4)cc3)c2)cc1. The van der Waals surface area contributed by atoms with E-state index in [4.69, 9.17) is 0 Å². The Morgan fingerprint density at radius 3 is 1.48 bits per heavy atom. The largest absolute Gasteiger partial charge is 0.310 e. The molecule has 0 aliphatic carbocycles. The Kier molecular flexibility index (Phi) is 9.11. The number of anilines is 3. The lowest BCUT2D eigenvalue weighted by Gasteiger charge is -2.28. The first-order valence-corrected chi connectivity index (χ1v) is 21.3. The zero-order valence-corrected chi connectivity index (χ0v) is 33.7. The van der Waals surface area contributed by atoms with Gasteiger partial charge in [0, 0.05) is 37.1 Å². The van der Waals surface area contributed by atoms with E-state index in [1.54, 1.807) is 0 Å². The van der Waals surface area contributed by atoms with Crippen molar-refractivity contribution in [3.05, 3.63) is 237 Å². The summed E-state index contributed by atoms with van der Waals surface area (Å²) in [5.41, 5.74) is 15.3. The molecule has 0 bridgehead atoms.